The Morgan fingerprint density at radius 3 is 2.78 bits per heavy atom. The highest BCUT2D eigenvalue weighted by Crippen LogP contribution is 2.18. The van der Waals surface area contributed by atoms with E-state index in [9.17, 15) is 4.79 Å². The monoisotopic (exact) mass is 488 g/mol. The molecule has 1 saturated heterocycles. The second-order valence-corrected chi connectivity index (χ2v) is 7.00. The average molecular weight is 488 g/mol. The van der Waals surface area contributed by atoms with Gasteiger partial charge in [-0.2, -0.15) is 0 Å². The van der Waals surface area contributed by atoms with Gasteiger partial charge in [-0.25, -0.2) is 0 Å². The summed E-state index contributed by atoms with van der Waals surface area (Å²) in [6.07, 6.45) is 1.86. The minimum Gasteiger partial charge on any atom is -0.466 e. The molecule has 0 bridgehead atoms. The fraction of sp³-hybridized carbons (Fsp3) is 0.600. The second kappa shape index (κ2) is 12.2. The van der Waals surface area contributed by atoms with E-state index in [1.54, 1.807) is 7.05 Å². The molecule has 1 unspecified atom stereocenters. The number of rotatable bonds is 6. The summed E-state index contributed by atoms with van der Waals surface area (Å²) in [6.45, 7) is 5.51. The number of halogens is 1. The zero-order chi connectivity index (χ0) is 18.9. The van der Waals surface area contributed by atoms with Crippen molar-refractivity contribution in [1.82, 2.24) is 15.1 Å². The number of carbonyl (C=O) groups excluding carboxylic acids is 1. The van der Waals surface area contributed by atoms with E-state index in [1.165, 1.54) is 11.1 Å². The Kier molecular flexibility index (Phi) is 10.7. The van der Waals surface area contributed by atoms with Gasteiger partial charge in [0.25, 0.3) is 0 Å². The van der Waals surface area contributed by atoms with E-state index >= 15 is 0 Å². The first kappa shape index (κ1) is 23.7. The van der Waals surface area contributed by atoms with Crippen LogP contribution >= 0.6 is 24.0 Å². The van der Waals surface area contributed by atoms with Crippen LogP contribution in [-0.4, -0.2) is 62.6 Å². The van der Waals surface area contributed by atoms with Crippen LogP contribution < -0.4 is 5.32 Å². The smallest absolute Gasteiger partial charge is 0.310 e. The molecular formula is C20H33IN4O2. The minimum absolute atomic E-state index is 0. The number of likely N-dealkylation sites (tertiary alicyclic amines) is 1. The number of esters is 1. The molecule has 152 valence electrons. The first-order valence-electron chi connectivity index (χ1n) is 9.38. The van der Waals surface area contributed by atoms with Crippen LogP contribution in [0.4, 0.5) is 0 Å². The molecule has 0 aliphatic carbocycles. The molecule has 1 heterocycles. The third-order valence-electron chi connectivity index (χ3n) is 4.49. The number of hydrogen-bond donors (Lipinski definition) is 1. The molecular weight excluding hydrogens is 455 g/mol. The molecule has 1 aliphatic rings. The van der Waals surface area contributed by atoms with Gasteiger partial charge in [0.15, 0.2) is 5.96 Å². The predicted molar refractivity (Wildman–Crippen MR) is 120 cm³/mol. The molecule has 0 radical (unpaired) electrons. The number of piperidine rings is 1. The van der Waals surface area contributed by atoms with Gasteiger partial charge < -0.3 is 19.9 Å². The Morgan fingerprint density at radius 2 is 2.11 bits per heavy atom. The van der Waals surface area contributed by atoms with Gasteiger partial charge in [0, 0.05) is 33.2 Å². The van der Waals surface area contributed by atoms with Crippen LogP contribution in [-0.2, 0) is 22.6 Å². The van der Waals surface area contributed by atoms with Gasteiger partial charge in [-0.1, -0.05) is 24.3 Å². The molecule has 0 aromatic heterocycles. The third kappa shape index (κ3) is 7.65. The molecule has 1 aromatic carbocycles. The number of hydrogen-bond acceptors (Lipinski definition) is 4. The van der Waals surface area contributed by atoms with Crippen LogP contribution in [0.25, 0.3) is 0 Å². The third-order valence-corrected chi connectivity index (χ3v) is 4.49. The first-order chi connectivity index (χ1) is 12.5. The quantitative estimate of drug-likeness (QED) is 0.289. The van der Waals surface area contributed by atoms with Gasteiger partial charge in [0.1, 0.15) is 0 Å². The Bertz CT molecular complexity index is 622. The van der Waals surface area contributed by atoms with E-state index in [0.717, 1.165) is 31.9 Å². The van der Waals surface area contributed by atoms with E-state index < -0.39 is 0 Å². The lowest BCUT2D eigenvalue weighted by Crippen LogP contribution is -2.48. The van der Waals surface area contributed by atoms with Crippen molar-refractivity contribution >= 4 is 35.9 Å². The maximum Gasteiger partial charge on any atom is 0.310 e. The number of carbonyl (C=O) groups is 1. The Balaban J connectivity index is 0.00000364. The van der Waals surface area contributed by atoms with Gasteiger partial charge >= 0.3 is 5.97 Å². The summed E-state index contributed by atoms with van der Waals surface area (Å²) in [6, 6.07) is 8.58. The maximum absolute atomic E-state index is 12.0. The van der Waals surface area contributed by atoms with E-state index in [1.807, 2.05) is 6.92 Å². The zero-order valence-corrected chi connectivity index (χ0v) is 19.2. The molecule has 1 atom stereocenters. The number of aliphatic imine (C=N–C) groups is 1. The van der Waals surface area contributed by atoms with Crippen LogP contribution in [0.1, 0.15) is 30.9 Å². The molecule has 1 aliphatic heterocycles. The van der Waals surface area contributed by atoms with Crippen molar-refractivity contribution in [3.05, 3.63) is 35.4 Å². The largest absolute Gasteiger partial charge is 0.466 e. The van der Waals surface area contributed by atoms with Crippen LogP contribution in [0.2, 0.25) is 0 Å². The van der Waals surface area contributed by atoms with Crippen molar-refractivity contribution in [2.45, 2.75) is 32.9 Å². The molecule has 1 N–H and O–H groups in total. The lowest BCUT2D eigenvalue weighted by molar-refractivity contribution is -0.149. The lowest BCUT2D eigenvalue weighted by Gasteiger charge is -2.34. The SMILES string of the molecule is CCOC(=O)C1CCCN(C(=NC)NCc2cccc(CN(C)C)c2)C1.I. The molecule has 1 fully saturated rings. The van der Waals surface area contributed by atoms with E-state index in [4.69, 9.17) is 4.74 Å². The highest BCUT2D eigenvalue weighted by Gasteiger charge is 2.28. The molecule has 0 saturated carbocycles. The highest BCUT2D eigenvalue weighted by molar-refractivity contribution is 14.0. The summed E-state index contributed by atoms with van der Waals surface area (Å²) < 4.78 is 5.19. The minimum atomic E-state index is -0.0935. The number of benzene rings is 1. The van der Waals surface area contributed by atoms with Crippen molar-refractivity contribution in [1.29, 1.82) is 0 Å². The fourth-order valence-electron chi connectivity index (χ4n) is 3.34. The maximum atomic E-state index is 12.0. The van der Waals surface area contributed by atoms with Gasteiger partial charge in [-0.3, -0.25) is 9.79 Å². The van der Waals surface area contributed by atoms with Crippen molar-refractivity contribution in [2.75, 3.05) is 40.8 Å². The second-order valence-electron chi connectivity index (χ2n) is 7.00. The van der Waals surface area contributed by atoms with Crippen molar-refractivity contribution in [2.24, 2.45) is 10.9 Å². The van der Waals surface area contributed by atoms with Crippen molar-refractivity contribution < 1.29 is 9.53 Å². The fourth-order valence-corrected chi connectivity index (χ4v) is 3.34. The van der Waals surface area contributed by atoms with Gasteiger partial charge in [-0.15, -0.1) is 24.0 Å². The Labute approximate surface area is 180 Å². The van der Waals surface area contributed by atoms with E-state index in [0.29, 0.717) is 19.7 Å². The molecule has 0 amide bonds. The number of nitrogens with one attached hydrogen (secondary N) is 1. The molecule has 0 spiro atoms. The Hall–Kier alpha value is -1.35. The van der Waals surface area contributed by atoms with Crippen molar-refractivity contribution in [3.63, 3.8) is 0 Å². The average Bonchev–Trinajstić information content (AvgIpc) is 2.62. The van der Waals surface area contributed by atoms with Gasteiger partial charge in [0.05, 0.1) is 12.5 Å². The summed E-state index contributed by atoms with van der Waals surface area (Å²) in [5, 5.41) is 3.44. The molecule has 27 heavy (non-hydrogen) atoms. The lowest BCUT2D eigenvalue weighted by atomic mass is 9.98. The summed E-state index contributed by atoms with van der Waals surface area (Å²) >= 11 is 0. The number of ether oxygens (including phenoxy) is 1. The Morgan fingerprint density at radius 1 is 1.37 bits per heavy atom. The summed E-state index contributed by atoms with van der Waals surface area (Å²) in [4.78, 5) is 20.8. The predicted octanol–water partition coefficient (Wildman–Crippen LogP) is 2.72. The first-order valence-corrected chi connectivity index (χ1v) is 9.38. The topological polar surface area (TPSA) is 57.2 Å². The number of guanidine groups is 1. The van der Waals surface area contributed by atoms with Gasteiger partial charge in [0.2, 0.25) is 0 Å². The van der Waals surface area contributed by atoms with Crippen LogP contribution in [0, 0.1) is 5.92 Å². The summed E-state index contributed by atoms with van der Waals surface area (Å²) in [5.41, 5.74) is 2.52. The van der Waals surface area contributed by atoms with Crippen LogP contribution in [0.3, 0.4) is 0 Å². The van der Waals surface area contributed by atoms with Crippen molar-refractivity contribution in [3.8, 4) is 0 Å². The van der Waals surface area contributed by atoms with Gasteiger partial charge in [-0.05, 0) is 45.0 Å². The van der Waals surface area contributed by atoms with Crippen LogP contribution in [0.5, 0.6) is 0 Å². The summed E-state index contributed by atoms with van der Waals surface area (Å²) in [5.74, 6) is 0.687. The highest BCUT2D eigenvalue weighted by atomic mass is 127. The van der Waals surface area contributed by atoms with Crippen LogP contribution in [0.15, 0.2) is 29.3 Å². The number of nitrogens with zero attached hydrogens (tertiary/aromatic N) is 3. The molecule has 2 rings (SSSR count). The van der Waals surface area contributed by atoms with E-state index in [-0.39, 0.29) is 35.9 Å². The zero-order valence-electron chi connectivity index (χ0n) is 16.9. The molecule has 7 heteroatoms. The van der Waals surface area contributed by atoms with E-state index in [2.05, 4.69) is 58.5 Å². The molecule has 1 aromatic rings. The summed E-state index contributed by atoms with van der Waals surface area (Å²) in [7, 11) is 5.94. The standard InChI is InChI=1S/C20H32N4O2.HI/c1-5-26-19(25)18-10-7-11-24(15-18)20(21-2)22-13-16-8-6-9-17(12-16)14-23(3)4;/h6,8-9,12,18H,5,7,10-11,13-15H2,1-4H3,(H,21,22);1H. The normalized spacial score (nSPS) is 17.4. The molecule has 6 nitrogen and oxygen atoms in total.